The second kappa shape index (κ2) is 7.03. The lowest BCUT2D eigenvalue weighted by Gasteiger charge is -2.32. The van der Waals surface area contributed by atoms with Crippen molar-refractivity contribution in [3.63, 3.8) is 0 Å². The lowest BCUT2D eigenvalue weighted by molar-refractivity contribution is 0.193. The molecule has 0 fully saturated rings. The van der Waals surface area contributed by atoms with Crippen molar-refractivity contribution in [1.82, 2.24) is 9.62 Å². The van der Waals surface area contributed by atoms with Crippen molar-refractivity contribution in [2.45, 2.75) is 30.8 Å². The molecule has 0 saturated carbocycles. The van der Waals surface area contributed by atoms with Gasteiger partial charge in [0.15, 0.2) is 0 Å². The largest absolute Gasteiger partial charge is 0.295 e. The number of thiophene rings is 1. The van der Waals surface area contributed by atoms with Gasteiger partial charge in [-0.15, -0.1) is 11.3 Å². The quantitative estimate of drug-likeness (QED) is 0.887. The Morgan fingerprint density at radius 2 is 2.08 bits per heavy atom. The average molecular weight is 361 g/mol. The van der Waals surface area contributed by atoms with Gasteiger partial charge in [0.2, 0.25) is 10.0 Å². The van der Waals surface area contributed by atoms with E-state index in [0.717, 1.165) is 19.5 Å². The van der Waals surface area contributed by atoms with E-state index in [4.69, 9.17) is 5.26 Å². The maximum atomic E-state index is 12.4. The molecule has 5 nitrogen and oxygen atoms in total. The Kier molecular flexibility index (Phi) is 5.01. The fourth-order valence-corrected chi connectivity index (χ4v) is 4.81. The average Bonchev–Trinajstić information content (AvgIpc) is 3.07. The summed E-state index contributed by atoms with van der Waals surface area (Å²) in [4.78, 5) is 3.93. The van der Waals surface area contributed by atoms with Gasteiger partial charge in [-0.05, 0) is 54.6 Å². The Morgan fingerprint density at radius 1 is 1.33 bits per heavy atom. The number of fused-ring (bicyclic) bond motifs is 1. The van der Waals surface area contributed by atoms with Crippen LogP contribution in [0.25, 0.3) is 0 Å². The molecule has 1 aliphatic heterocycles. The van der Waals surface area contributed by atoms with Gasteiger partial charge in [0.25, 0.3) is 0 Å². The van der Waals surface area contributed by atoms with Crippen LogP contribution in [-0.2, 0) is 23.0 Å². The van der Waals surface area contributed by atoms with Crippen LogP contribution in [0.2, 0.25) is 0 Å². The van der Waals surface area contributed by atoms with E-state index in [-0.39, 0.29) is 10.9 Å². The number of nitrogens with zero attached hydrogens (tertiary/aromatic N) is 2. The Labute approximate surface area is 146 Å². The van der Waals surface area contributed by atoms with E-state index >= 15 is 0 Å². The van der Waals surface area contributed by atoms with E-state index in [2.05, 4.69) is 21.1 Å². The first-order valence-electron chi connectivity index (χ1n) is 7.79. The highest BCUT2D eigenvalue weighted by Crippen LogP contribution is 2.25. The van der Waals surface area contributed by atoms with Crippen molar-refractivity contribution >= 4 is 21.4 Å². The summed E-state index contributed by atoms with van der Waals surface area (Å²) in [5.41, 5.74) is 1.80. The first-order chi connectivity index (χ1) is 11.5. The van der Waals surface area contributed by atoms with Crippen LogP contribution >= 0.6 is 11.3 Å². The van der Waals surface area contributed by atoms with Crippen molar-refractivity contribution in [3.05, 3.63) is 51.7 Å². The van der Waals surface area contributed by atoms with Gasteiger partial charge < -0.3 is 0 Å². The third-order valence-electron chi connectivity index (χ3n) is 4.32. The Hall–Kier alpha value is -1.72. The van der Waals surface area contributed by atoms with Gasteiger partial charge in [-0.1, -0.05) is 0 Å². The van der Waals surface area contributed by atoms with Gasteiger partial charge in [0, 0.05) is 30.6 Å². The number of nitrogens with one attached hydrogen (secondary N) is 1. The van der Waals surface area contributed by atoms with Crippen LogP contribution in [0.3, 0.4) is 0 Å². The van der Waals surface area contributed by atoms with Crippen LogP contribution in [0.5, 0.6) is 0 Å². The number of hydrogen-bond acceptors (Lipinski definition) is 5. The third-order valence-corrected chi connectivity index (χ3v) is 6.79. The molecular formula is C17H19N3O2S2. The van der Waals surface area contributed by atoms with Crippen molar-refractivity contribution < 1.29 is 8.42 Å². The highest BCUT2D eigenvalue weighted by molar-refractivity contribution is 7.89. The van der Waals surface area contributed by atoms with Crippen molar-refractivity contribution in [2.24, 2.45) is 0 Å². The predicted molar refractivity (Wildman–Crippen MR) is 94.2 cm³/mol. The summed E-state index contributed by atoms with van der Waals surface area (Å²) in [7, 11) is -3.55. The molecule has 3 rings (SSSR count). The molecule has 0 unspecified atom stereocenters. The Morgan fingerprint density at radius 3 is 2.79 bits per heavy atom. The summed E-state index contributed by atoms with van der Waals surface area (Å²) in [6.07, 6.45) is 1.03. The van der Waals surface area contributed by atoms with Gasteiger partial charge in [-0.25, -0.2) is 13.1 Å². The summed E-state index contributed by atoms with van der Waals surface area (Å²) in [6, 6.07) is 10.2. The fraction of sp³-hybridized carbons (Fsp3) is 0.353. The predicted octanol–water partition coefficient (Wildman–Crippen LogP) is 2.34. The molecule has 2 heterocycles. The monoisotopic (exact) mass is 361 g/mol. The zero-order chi connectivity index (χ0) is 17.2. The molecule has 1 atom stereocenters. The maximum Gasteiger partial charge on any atom is 0.240 e. The molecule has 2 aromatic rings. The van der Waals surface area contributed by atoms with Gasteiger partial charge in [-0.3, -0.25) is 4.90 Å². The van der Waals surface area contributed by atoms with Crippen LogP contribution < -0.4 is 4.72 Å². The standard InChI is InChI=1S/C17H19N3O2S2/c1-13(20-8-6-17-15(12-20)7-9-23-17)11-19-24(21,22)16-4-2-14(10-18)3-5-16/h2-5,7,9,13,19H,6,8,11-12H2,1H3/t13-/m0/s1. The summed E-state index contributed by atoms with van der Waals surface area (Å²) >= 11 is 1.80. The van der Waals surface area contributed by atoms with Crippen molar-refractivity contribution in [3.8, 4) is 6.07 Å². The fourth-order valence-electron chi connectivity index (χ4n) is 2.80. The molecule has 0 amide bonds. The van der Waals surface area contributed by atoms with Crippen molar-refractivity contribution in [2.75, 3.05) is 13.1 Å². The third kappa shape index (κ3) is 3.68. The zero-order valence-electron chi connectivity index (χ0n) is 13.4. The molecule has 0 spiro atoms. The van der Waals surface area contributed by atoms with Crippen LogP contribution in [0.15, 0.2) is 40.6 Å². The molecule has 1 aromatic heterocycles. The molecule has 1 N–H and O–H groups in total. The second-order valence-corrected chi connectivity index (χ2v) is 8.69. The molecule has 1 aromatic carbocycles. The minimum atomic E-state index is -3.55. The molecule has 0 saturated heterocycles. The van der Waals surface area contributed by atoms with E-state index < -0.39 is 10.0 Å². The van der Waals surface area contributed by atoms with Crippen LogP contribution in [0.1, 0.15) is 22.9 Å². The van der Waals surface area contributed by atoms with E-state index in [1.807, 2.05) is 13.0 Å². The molecule has 24 heavy (non-hydrogen) atoms. The summed E-state index contributed by atoms with van der Waals surface area (Å²) in [5, 5.41) is 10.9. The minimum Gasteiger partial charge on any atom is -0.295 e. The highest BCUT2D eigenvalue weighted by atomic mass is 32.2. The Balaban J connectivity index is 1.61. The molecule has 0 radical (unpaired) electrons. The van der Waals surface area contributed by atoms with Crippen LogP contribution in [-0.4, -0.2) is 32.4 Å². The van der Waals surface area contributed by atoms with E-state index in [9.17, 15) is 8.42 Å². The van der Waals surface area contributed by atoms with Crippen LogP contribution in [0, 0.1) is 11.3 Å². The zero-order valence-corrected chi connectivity index (χ0v) is 15.0. The van der Waals surface area contributed by atoms with E-state index in [1.165, 1.54) is 34.7 Å². The molecule has 0 aliphatic carbocycles. The normalized spacial score (nSPS) is 16.3. The molecule has 0 bridgehead atoms. The first kappa shape index (κ1) is 17.1. The number of hydrogen-bond donors (Lipinski definition) is 1. The maximum absolute atomic E-state index is 12.4. The molecule has 1 aliphatic rings. The van der Waals surface area contributed by atoms with Gasteiger partial charge >= 0.3 is 0 Å². The smallest absolute Gasteiger partial charge is 0.240 e. The molecular weight excluding hydrogens is 342 g/mol. The molecule has 7 heteroatoms. The summed E-state index contributed by atoms with van der Waals surface area (Å²) < 4.78 is 27.4. The van der Waals surface area contributed by atoms with Gasteiger partial charge in [0.1, 0.15) is 0 Å². The number of benzene rings is 1. The summed E-state index contributed by atoms with van der Waals surface area (Å²) in [6.45, 7) is 4.23. The summed E-state index contributed by atoms with van der Waals surface area (Å²) in [5.74, 6) is 0. The Bertz CT molecular complexity index is 851. The SMILES string of the molecule is C[C@@H](CNS(=O)(=O)c1ccc(C#N)cc1)N1CCc2sccc2C1. The minimum absolute atomic E-state index is 0.117. The second-order valence-electron chi connectivity index (χ2n) is 5.93. The lowest BCUT2D eigenvalue weighted by Crippen LogP contribution is -2.44. The van der Waals surface area contributed by atoms with Gasteiger partial charge in [-0.2, -0.15) is 5.26 Å². The van der Waals surface area contributed by atoms with E-state index in [0.29, 0.717) is 12.1 Å². The van der Waals surface area contributed by atoms with E-state index in [1.54, 1.807) is 11.3 Å². The van der Waals surface area contributed by atoms with Gasteiger partial charge in [0.05, 0.1) is 16.5 Å². The number of rotatable bonds is 5. The lowest BCUT2D eigenvalue weighted by atomic mass is 10.1. The number of nitriles is 1. The highest BCUT2D eigenvalue weighted by Gasteiger charge is 2.23. The number of sulfonamides is 1. The van der Waals surface area contributed by atoms with Crippen molar-refractivity contribution in [1.29, 1.82) is 5.26 Å². The van der Waals surface area contributed by atoms with Crippen LogP contribution in [0.4, 0.5) is 0 Å². The topological polar surface area (TPSA) is 73.2 Å². The first-order valence-corrected chi connectivity index (χ1v) is 10.1. The molecule has 126 valence electrons.